The van der Waals surface area contributed by atoms with Crippen molar-refractivity contribution in [2.24, 2.45) is 5.92 Å². The van der Waals surface area contributed by atoms with Crippen molar-refractivity contribution in [1.29, 1.82) is 0 Å². The third-order valence-electron chi connectivity index (χ3n) is 3.88. The van der Waals surface area contributed by atoms with Crippen LogP contribution in [0.25, 0.3) is 0 Å². The van der Waals surface area contributed by atoms with Crippen molar-refractivity contribution in [3.05, 3.63) is 71.0 Å². The van der Waals surface area contributed by atoms with E-state index in [2.05, 4.69) is 5.32 Å². The highest BCUT2D eigenvalue weighted by Crippen LogP contribution is 2.16. The maximum absolute atomic E-state index is 13.0. The lowest BCUT2D eigenvalue weighted by Crippen LogP contribution is -2.30. The van der Waals surface area contributed by atoms with Crippen molar-refractivity contribution in [3.8, 4) is 0 Å². The number of aliphatic hydroxyl groups is 1. The van der Waals surface area contributed by atoms with E-state index >= 15 is 0 Å². The van der Waals surface area contributed by atoms with E-state index in [4.69, 9.17) is 0 Å². The Morgan fingerprint density at radius 3 is 2.24 bits per heavy atom. The van der Waals surface area contributed by atoms with Crippen molar-refractivity contribution in [3.63, 3.8) is 0 Å². The molecule has 0 aliphatic heterocycles. The molecule has 132 valence electrons. The first kappa shape index (κ1) is 18.8. The van der Waals surface area contributed by atoms with Crippen molar-refractivity contribution in [2.75, 3.05) is 6.54 Å². The first-order valence-corrected chi connectivity index (χ1v) is 8.24. The molecule has 2 atom stereocenters. The fourth-order valence-corrected chi connectivity index (χ4v) is 2.66. The molecule has 0 aliphatic carbocycles. The van der Waals surface area contributed by atoms with Crippen LogP contribution in [0.3, 0.4) is 0 Å². The SMILES string of the molecule is CC(O)CC(C)CNC(=O)c1ccccc1C(=O)c1ccc(F)cc1. The average Bonchev–Trinajstić information content (AvgIpc) is 2.59. The summed E-state index contributed by atoms with van der Waals surface area (Å²) in [6, 6.07) is 11.8. The molecule has 0 bridgehead atoms. The quantitative estimate of drug-likeness (QED) is 0.759. The maximum atomic E-state index is 13.0. The van der Waals surface area contributed by atoms with Crippen LogP contribution in [0.2, 0.25) is 0 Å². The molecule has 0 heterocycles. The monoisotopic (exact) mass is 343 g/mol. The van der Waals surface area contributed by atoms with Gasteiger partial charge in [-0.15, -0.1) is 0 Å². The molecule has 2 aromatic rings. The van der Waals surface area contributed by atoms with Gasteiger partial charge in [0.15, 0.2) is 5.78 Å². The van der Waals surface area contributed by atoms with Crippen LogP contribution in [0.5, 0.6) is 0 Å². The summed E-state index contributed by atoms with van der Waals surface area (Å²) in [6.45, 7) is 4.04. The summed E-state index contributed by atoms with van der Waals surface area (Å²) in [6.07, 6.45) is 0.149. The van der Waals surface area contributed by atoms with Gasteiger partial charge in [-0.1, -0.05) is 25.1 Å². The van der Waals surface area contributed by atoms with E-state index in [-0.39, 0.29) is 28.7 Å². The lowest BCUT2D eigenvalue weighted by molar-refractivity contribution is 0.0929. The summed E-state index contributed by atoms with van der Waals surface area (Å²) in [5.41, 5.74) is 0.875. The molecule has 2 N–H and O–H groups in total. The minimum atomic E-state index is -0.431. The molecule has 0 radical (unpaired) electrons. The van der Waals surface area contributed by atoms with Crippen LogP contribution in [0.15, 0.2) is 48.5 Å². The Labute approximate surface area is 146 Å². The zero-order valence-corrected chi connectivity index (χ0v) is 14.3. The van der Waals surface area contributed by atoms with Gasteiger partial charge < -0.3 is 10.4 Å². The van der Waals surface area contributed by atoms with Gasteiger partial charge in [-0.3, -0.25) is 9.59 Å². The zero-order chi connectivity index (χ0) is 18.4. The predicted molar refractivity (Wildman–Crippen MR) is 94.1 cm³/mol. The summed E-state index contributed by atoms with van der Waals surface area (Å²) in [4.78, 5) is 25.1. The zero-order valence-electron chi connectivity index (χ0n) is 14.3. The van der Waals surface area contributed by atoms with Crippen LogP contribution >= 0.6 is 0 Å². The number of amides is 1. The molecule has 1 amide bonds. The lowest BCUT2D eigenvalue weighted by atomic mass is 9.97. The molecule has 2 unspecified atom stereocenters. The summed E-state index contributed by atoms with van der Waals surface area (Å²) in [7, 11) is 0. The molecule has 0 aromatic heterocycles. The second-order valence-electron chi connectivity index (χ2n) is 6.28. The first-order chi connectivity index (χ1) is 11.9. The summed E-state index contributed by atoms with van der Waals surface area (Å²) < 4.78 is 13.0. The van der Waals surface area contributed by atoms with Crippen molar-refractivity contribution >= 4 is 11.7 Å². The van der Waals surface area contributed by atoms with E-state index < -0.39 is 11.9 Å². The van der Waals surface area contributed by atoms with Gasteiger partial charge >= 0.3 is 0 Å². The second kappa shape index (κ2) is 8.53. The van der Waals surface area contributed by atoms with Gasteiger partial charge in [-0.25, -0.2) is 4.39 Å². The van der Waals surface area contributed by atoms with Crippen LogP contribution < -0.4 is 5.32 Å². The van der Waals surface area contributed by atoms with E-state index in [0.29, 0.717) is 18.5 Å². The number of hydrogen-bond acceptors (Lipinski definition) is 3. The maximum Gasteiger partial charge on any atom is 0.252 e. The Morgan fingerprint density at radius 2 is 1.64 bits per heavy atom. The highest BCUT2D eigenvalue weighted by atomic mass is 19.1. The van der Waals surface area contributed by atoms with Gasteiger partial charge in [-0.2, -0.15) is 0 Å². The number of rotatable bonds is 7. The molecule has 2 rings (SSSR count). The Hall–Kier alpha value is -2.53. The molecular weight excluding hydrogens is 321 g/mol. The van der Waals surface area contributed by atoms with Crippen molar-refractivity contribution in [2.45, 2.75) is 26.4 Å². The molecule has 0 saturated heterocycles. The van der Waals surface area contributed by atoms with Crippen LogP contribution in [0.4, 0.5) is 4.39 Å². The number of nitrogens with one attached hydrogen (secondary N) is 1. The van der Waals surface area contributed by atoms with Crippen LogP contribution in [0, 0.1) is 11.7 Å². The molecule has 0 spiro atoms. The molecule has 25 heavy (non-hydrogen) atoms. The van der Waals surface area contributed by atoms with Crippen molar-refractivity contribution in [1.82, 2.24) is 5.32 Å². The van der Waals surface area contributed by atoms with Gasteiger partial charge in [-0.05, 0) is 49.6 Å². The van der Waals surface area contributed by atoms with Gasteiger partial charge in [0.2, 0.25) is 0 Å². The summed E-state index contributed by atoms with van der Waals surface area (Å²) in [5, 5.41) is 12.2. The number of ketones is 1. The number of halogens is 1. The van der Waals surface area contributed by atoms with E-state index in [9.17, 15) is 19.1 Å². The molecule has 4 nitrogen and oxygen atoms in total. The highest BCUT2D eigenvalue weighted by molar-refractivity contribution is 6.15. The Balaban J connectivity index is 2.15. The fourth-order valence-electron chi connectivity index (χ4n) is 2.66. The molecule has 0 aliphatic rings. The third-order valence-corrected chi connectivity index (χ3v) is 3.88. The number of aliphatic hydroxyl groups excluding tert-OH is 1. The van der Waals surface area contributed by atoms with Gasteiger partial charge in [0, 0.05) is 17.7 Å². The summed E-state index contributed by atoms with van der Waals surface area (Å²) >= 11 is 0. The van der Waals surface area contributed by atoms with Gasteiger partial charge in [0.1, 0.15) is 5.82 Å². The molecular formula is C20H22FNO3. The summed E-state index contributed by atoms with van der Waals surface area (Å²) in [5.74, 6) is -0.982. The molecule has 0 saturated carbocycles. The number of carbonyl (C=O) groups is 2. The second-order valence-corrected chi connectivity index (χ2v) is 6.28. The van der Waals surface area contributed by atoms with E-state index in [1.54, 1.807) is 31.2 Å². The fraction of sp³-hybridized carbons (Fsp3) is 0.300. The minimum Gasteiger partial charge on any atom is -0.393 e. The molecule has 2 aromatic carbocycles. The van der Waals surface area contributed by atoms with E-state index in [1.807, 2.05) is 6.92 Å². The van der Waals surface area contributed by atoms with Crippen LogP contribution in [0.1, 0.15) is 46.5 Å². The molecule has 0 fully saturated rings. The Morgan fingerprint density at radius 1 is 1.04 bits per heavy atom. The van der Waals surface area contributed by atoms with Crippen molar-refractivity contribution < 1.29 is 19.1 Å². The molecule has 5 heteroatoms. The number of hydrogen-bond donors (Lipinski definition) is 2. The lowest BCUT2D eigenvalue weighted by Gasteiger charge is -2.15. The predicted octanol–water partition coefficient (Wildman–Crippen LogP) is 3.19. The minimum absolute atomic E-state index is 0.115. The number of benzene rings is 2. The van der Waals surface area contributed by atoms with E-state index in [1.165, 1.54) is 24.3 Å². The standard InChI is InChI=1S/C20H22FNO3/c1-13(11-14(2)23)12-22-20(25)18-6-4-3-5-17(18)19(24)15-7-9-16(21)10-8-15/h3-10,13-14,23H,11-12H2,1-2H3,(H,22,25). The topological polar surface area (TPSA) is 66.4 Å². The van der Waals surface area contributed by atoms with Crippen LogP contribution in [-0.2, 0) is 0 Å². The van der Waals surface area contributed by atoms with Gasteiger partial charge in [0.25, 0.3) is 5.91 Å². The number of carbonyl (C=O) groups excluding carboxylic acids is 2. The van der Waals surface area contributed by atoms with Gasteiger partial charge in [0.05, 0.1) is 11.7 Å². The largest absolute Gasteiger partial charge is 0.393 e. The third kappa shape index (κ3) is 5.22. The van der Waals surface area contributed by atoms with E-state index in [0.717, 1.165) is 0 Å². The smallest absolute Gasteiger partial charge is 0.252 e. The Kier molecular flexibility index (Phi) is 6.42. The van der Waals surface area contributed by atoms with Crippen LogP contribution in [-0.4, -0.2) is 29.4 Å². The normalized spacial score (nSPS) is 13.1. The average molecular weight is 343 g/mol. The Bertz CT molecular complexity index is 741. The highest BCUT2D eigenvalue weighted by Gasteiger charge is 2.18. The first-order valence-electron chi connectivity index (χ1n) is 8.24.